The molecule has 0 spiro atoms. The summed E-state index contributed by atoms with van der Waals surface area (Å²) >= 11 is 0. The van der Waals surface area contributed by atoms with Crippen LogP contribution in [0.2, 0.25) is 0 Å². The number of nitrogens with one attached hydrogen (secondary N) is 2. The molecule has 0 bridgehead atoms. The molecule has 0 radical (unpaired) electrons. The molecule has 38 heavy (non-hydrogen) atoms. The summed E-state index contributed by atoms with van der Waals surface area (Å²) in [4.78, 5) is 41.1. The number of amides is 2. The summed E-state index contributed by atoms with van der Waals surface area (Å²) in [6.45, 7) is -0.0428. The number of sulfone groups is 1. The highest BCUT2D eigenvalue weighted by atomic mass is 32.2. The molecule has 0 saturated carbocycles. The molecule has 1 aromatic heterocycles. The van der Waals surface area contributed by atoms with Crippen LogP contribution in [-0.2, 0) is 32.4 Å². The van der Waals surface area contributed by atoms with Crippen LogP contribution in [0.3, 0.4) is 0 Å². The molecule has 2 atom stereocenters. The second-order valence-corrected chi connectivity index (χ2v) is 11.2. The summed E-state index contributed by atoms with van der Waals surface area (Å²) < 4.78 is 37.3. The first kappa shape index (κ1) is 25.5. The van der Waals surface area contributed by atoms with Gasteiger partial charge in [-0.1, -0.05) is 53.7 Å². The third-order valence-corrected chi connectivity index (χ3v) is 8.66. The van der Waals surface area contributed by atoms with Crippen molar-refractivity contribution in [2.24, 2.45) is 0 Å². The van der Waals surface area contributed by atoms with Crippen molar-refractivity contribution in [1.29, 1.82) is 0 Å². The van der Waals surface area contributed by atoms with Crippen molar-refractivity contribution in [2.45, 2.75) is 55.0 Å². The first-order chi connectivity index (χ1) is 18.3. The second kappa shape index (κ2) is 10.7. The minimum absolute atomic E-state index is 0.0163. The lowest BCUT2D eigenvalue weighted by Gasteiger charge is -2.25. The van der Waals surface area contributed by atoms with Gasteiger partial charge in [-0.05, 0) is 37.0 Å². The number of likely N-dealkylation sites (tertiary alicyclic amines) is 1. The zero-order valence-electron chi connectivity index (χ0n) is 20.3. The molecule has 1 saturated heterocycles. The van der Waals surface area contributed by atoms with Crippen LogP contribution in [0.25, 0.3) is 0 Å². The van der Waals surface area contributed by atoms with Crippen molar-refractivity contribution in [3.63, 3.8) is 0 Å². The van der Waals surface area contributed by atoms with E-state index >= 15 is 0 Å². The van der Waals surface area contributed by atoms with E-state index in [1.807, 2.05) is 18.2 Å². The number of aryl methyl sites for hydroxylation is 1. The van der Waals surface area contributed by atoms with Crippen LogP contribution in [-0.4, -0.2) is 46.9 Å². The molecule has 2 aliphatic heterocycles. The SMILES string of the molecule is O=C1N[C@H]2CC(S(=O)(=O)c3ccccc3)N(C(=O)OCc3ccccc3)C2=C1CCCCc1noc(=O)[nH]1. The molecule has 12 heteroatoms. The third kappa shape index (κ3) is 5.12. The monoisotopic (exact) mass is 538 g/mol. The van der Waals surface area contributed by atoms with Gasteiger partial charge >= 0.3 is 11.8 Å². The Hall–Kier alpha value is -4.19. The van der Waals surface area contributed by atoms with E-state index in [4.69, 9.17) is 4.74 Å². The van der Waals surface area contributed by atoms with E-state index < -0.39 is 33.1 Å². The molecule has 1 unspecified atom stereocenters. The van der Waals surface area contributed by atoms with Crippen molar-refractivity contribution < 1.29 is 27.3 Å². The van der Waals surface area contributed by atoms with Gasteiger partial charge < -0.3 is 10.1 Å². The molecule has 0 aliphatic carbocycles. The lowest BCUT2D eigenvalue weighted by atomic mass is 10.0. The Bertz CT molecular complexity index is 1510. The third-order valence-electron chi connectivity index (χ3n) is 6.61. The zero-order chi connectivity index (χ0) is 26.7. The van der Waals surface area contributed by atoms with Gasteiger partial charge in [-0.15, -0.1) is 0 Å². The van der Waals surface area contributed by atoms with E-state index in [0.29, 0.717) is 42.8 Å². The quantitative estimate of drug-likeness (QED) is 0.395. The Morgan fingerprint density at radius 2 is 1.71 bits per heavy atom. The fraction of sp³-hybridized carbons (Fsp3) is 0.308. The summed E-state index contributed by atoms with van der Waals surface area (Å²) in [5.74, 6) is -0.567. The highest BCUT2D eigenvalue weighted by molar-refractivity contribution is 7.92. The normalized spacial score (nSPS) is 18.9. The Kier molecular flexibility index (Phi) is 7.14. The van der Waals surface area contributed by atoms with Gasteiger partial charge in [0, 0.05) is 18.4 Å². The lowest BCUT2D eigenvalue weighted by molar-refractivity contribution is -0.117. The Labute approximate surface area is 218 Å². The summed E-state index contributed by atoms with van der Waals surface area (Å²) in [5, 5.41) is 5.24. The number of hydrogen-bond acceptors (Lipinski definition) is 8. The number of carbonyl (C=O) groups is 2. The van der Waals surface area contributed by atoms with Crippen molar-refractivity contribution in [2.75, 3.05) is 0 Å². The predicted molar refractivity (Wildman–Crippen MR) is 134 cm³/mol. The molecular weight excluding hydrogens is 512 g/mol. The average molecular weight is 539 g/mol. The highest BCUT2D eigenvalue weighted by Crippen LogP contribution is 2.40. The van der Waals surface area contributed by atoms with E-state index in [1.165, 1.54) is 12.1 Å². The fourth-order valence-electron chi connectivity index (χ4n) is 4.83. The topological polar surface area (TPSA) is 152 Å². The van der Waals surface area contributed by atoms with Crippen molar-refractivity contribution in [3.8, 4) is 0 Å². The standard InChI is InChI=1S/C26H26N4O7S/c31-24-19(13-7-8-14-21-28-25(32)37-29-21)23-20(27-24)15-22(38(34,35)18-11-5-2-6-12-18)30(23)26(33)36-16-17-9-3-1-4-10-17/h1-6,9-12,20,22H,7-8,13-16H2,(H,27,31)(H,28,29,32)/t20-,22?/m0/s1. The largest absolute Gasteiger partial charge is 0.444 e. The van der Waals surface area contributed by atoms with Crippen molar-refractivity contribution in [1.82, 2.24) is 20.4 Å². The number of rotatable bonds is 9. The van der Waals surface area contributed by atoms with Gasteiger partial charge in [-0.3, -0.25) is 19.2 Å². The van der Waals surface area contributed by atoms with Crippen LogP contribution in [0.4, 0.5) is 4.79 Å². The Morgan fingerprint density at radius 1 is 1.03 bits per heavy atom. The maximum absolute atomic E-state index is 13.6. The number of ether oxygens (including phenoxy) is 1. The number of aromatic amines is 1. The maximum atomic E-state index is 13.6. The predicted octanol–water partition coefficient (Wildman–Crippen LogP) is 2.67. The highest BCUT2D eigenvalue weighted by Gasteiger charge is 2.52. The number of fused-ring (bicyclic) bond motifs is 1. The molecule has 1 fully saturated rings. The van der Waals surface area contributed by atoms with E-state index in [2.05, 4.69) is 20.0 Å². The van der Waals surface area contributed by atoms with E-state index in [9.17, 15) is 22.8 Å². The van der Waals surface area contributed by atoms with Gasteiger partial charge in [-0.2, -0.15) is 0 Å². The first-order valence-corrected chi connectivity index (χ1v) is 13.8. The zero-order valence-corrected chi connectivity index (χ0v) is 21.1. The summed E-state index contributed by atoms with van der Waals surface area (Å²) in [7, 11) is -3.97. The lowest BCUT2D eigenvalue weighted by Crippen LogP contribution is -2.40. The number of unbranched alkanes of at least 4 members (excludes halogenated alkanes) is 1. The van der Waals surface area contributed by atoms with Gasteiger partial charge in [-0.25, -0.2) is 18.0 Å². The van der Waals surface area contributed by atoms with Crippen LogP contribution in [0, 0.1) is 0 Å². The van der Waals surface area contributed by atoms with Crippen LogP contribution in [0.5, 0.6) is 0 Å². The summed E-state index contributed by atoms with van der Waals surface area (Å²) in [5.41, 5.74) is 1.44. The molecule has 3 aromatic rings. The Balaban J connectivity index is 1.41. The fourth-order valence-corrected chi connectivity index (χ4v) is 6.60. The van der Waals surface area contributed by atoms with Crippen LogP contribution >= 0.6 is 0 Å². The van der Waals surface area contributed by atoms with Crippen molar-refractivity contribution >= 4 is 21.8 Å². The summed E-state index contributed by atoms with van der Waals surface area (Å²) in [6.07, 6.45) is 1.05. The number of aromatic nitrogens is 2. The van der Waals surface area contributed by atoms with Crippen molar-refractivity contribution in [3.05, 3.63) is 93.9 Å². The summed E-state index contributed by atoms with van der Waals surface area (Å²) in [6, 6.07) is 16.4. The van der Waals surface area contributed by atoms with E-state index in [-0.39, 0.29) is 23.8 Å². The molecule has 3 heterocycles. The second-order valence-electron chi connectivity index (χ2n) is 9.10. The number of benzene rings is 2. The number of nitrogens with zero attached hydrogens (tertiary/aromatic N) is 2. The maximum Gasteiger partial charge on any atom is 0.438 e. The average Bonchev–Trinajstić information content (AvgIpc) is 3.60. The number of carbonyl (C=O) groups excluding carboxylic acids is 2. The molecule has 2 amide bonds. The minimum atomic E-state index is -3.97. The van der Waals surface area contributed by atoms with E-state index in [1.54, 1.807) is 30.3 Å². The number of H-pyrrole nitrogens is 1. The smallest absolute Gasteiger partial charge is 0.438 e. The first-order valence-electron chi connectivity index (χ1n) is 12.2. The van der Waals surface area contributed by atoms with Crippen LogP contribution < -0.4 is 11.1 Å². The van der Waals surface area contributed by atoms with E-state index in [0.717, 1.165) is 10.5 Å². The van der Waals surface area contributed by atoms with Gasteiger partial charge in [0.25, 0.3) is 0 Å². The van der Waals surface area contributed by atoms with Crippen LogP contribution in [0.1, 0.15) is 37.1 Å². The molecule has 2 aliphatic rings. The molecule has 198 valence electrons. The molecule has 2 aromatic carbocycles. The Morgan fingerprint density at radius 3 is 2.39 bits per heavy atom. The van der Waals surface area contributed by atoms with Crippen LogP contribution in [0.15, 0.2) is 86.1 Å². The van der Waals surface area contributed by atoms with Gasteiger partial charge in [0.15, 0.2) is 15.7 Å². The number of hydrogen-bond donors (Lipinski definition) is 2. The molecular formula is C26H26N4O7S. The minimum Gasteiger partial charge on any atom is -0.444 e. The van der Waals surface area contributed by atoms with Gasteiger partial charge in [0.1, 0.15) is 12.0 Å². The molecule has 11 nitrogen and oxygen atoms in total. The van der Waals surface area contributed by atoms with Gasteiger partial charge in [0.2, 0.25) is 5.91 Å². The molecule has 2 N–H and O–H groups in total. The molecule has 5 rings (SSSR count). The van der Waals surface area contributed by atoms with Gasteiger partial charge in [0.05, 0.1) is 16.6 Å².